The van der Waals surface area contributed by atoms with Crippen LogP contribution in [0.4, 0.5) is 11.5 Å². The minimum absolute atomic E-state index is 0. The molecule has 1 aromatic heterocycles. The minimum atomic E-state index is -0.351. The van der Waals surface area contributed by atoms with Gasteiger partial charge < -0.3 is 16.0 Å². The lowest BCUT2D eigenvalue weighted by Crippen LogP contribution is -2.52. The van der Waals surface area contributed by atoms with E-state index < -0.39 is 0 Å². The smallest absolute Gasteiger partial charge is 0.253 e. The third kappa shape index (κ3) is 5.59. The number of halogens is 2. The molecule has 3 N–H and O–H groups in total. The van der Waals surface area contributed by atoms with Gasteiger partial charge in [0.25, 0.3) is 5.91 Å². The van der Waals surface area contributed by atoms with Crippen molar-refractivity contribution in [1.29, 1.82) is 0 Å². The molecule has 5 nitrogen and oxygen atoms in total. The van der Waals surface area contributed by atoms with Crippen LogP contribution in [0.1, 0.15) is 37.0 Å². The first-order chi connectivity index (χ1) is 11.5. The predicted molar refractivity (Wildman–Crippen MR) is 113 cm³/mol. The Morgan fingerprint density at radius 1 is 1.12 bits per heavy atom. The summed E-state index contributed by atoms with van der Waals surface area (Å²) in [6.45, 7) is 4.49. The predicted octanol–water partition coefficient (Wildman–Crippen LogP) is 3.94. The van der Waals surface area contributed by atoms with Crippen molar-refractivity contribution in [3.05, 3.63) is 54.2 Å². The lowest BCUT2D eigenvalue weighted by molar-refractivity contribution is 0.0895. The number of aromatic nitrogens is 1. The van der Waals surface area contributed by atoms with E-state index in [1.807, 2.05) is 62.2 Å². The molecule has 0 spiro atoms. The molecule has 1 heterocycles. The molecule has 1 aromatic carbocycles. The number of hydrogen-bond acceptors (Lipinski definition) is 4. The highest BCUT2D eigenvalue weighted by Gasteiger charge is 2.26. The van der Waals surface area contributed by atoms with E-state index in [4.69, 9.17) is 5.73 Å². The van der Waals surface area contributed by atoms with E-state index in [2.05, 4.69) is 10.3 Å². The molecular formula is C19H28Cl2N4O. The van der Waals surface area contributed by atoms with Crippen LogP contribution in [0.3, 0.4) is 0 Å². The third-order valence-electron chi connectivity index (χ3n) is 4.62. The number of pyridine rings is 1. The number of anilines is 2. The molecule has 0 radical (unpaired) electrons. The Bertz CT molecular complexity index is 653. The number of carbonyl (C=O) groups excluding carboxylic acids is 1. The van der Waals surface area contributed by atoms with E-state index in [1.165, 1.54) is 0 Å². The van der Waals surface area contributed by atoms with Crippen molar-refractivity contribution in [2.45, 2.75) is 32.2 Å². The number of rotatable bonds is 7. The first-order valence-electron chi connectivity index (χ1n) is 8.32. The zero-order valence-corrected chi connectivity index (χ0v) is 17.1. The zero-order chi connectivity index (χ0) is 17.6. The number of nitrogens with one attached hydrogen (secondary N) is 1. The fraction of sp³-hybridized carbons (Fsp3) is 0.368. The van der Waals surface area contributed by atoms with E-state index >= 15 is 0 Å². The maximum atomic E-state index is 12.5. The van der Waals surface area contributed by atoms with Crippen molar-refractivity contribution in [3.63, 3.8) is 0 Å². The van der Waals surface area contributed by atoms with Gasteiger partial charge in [-0.1, -0.05) is 32.0 Å². The van der Waals surface area contributed by atoms with Crippen molar-refractivity contribution in [3.8, 4) is 0 Å². The molecule has 0 saturated carbocycles. The second kappa shape index (κ2) is 11.0. The fourth-order valence-electron chi connectivity index (χ4n) is 2.58. The first-order valence-corrected chi connectivity index (χ1v) is 8.32. The van der Waals surface area contributed by atoms with Crippen LogP contribution in [-0.4, -0.2) is 30.0 Å². The first kappa shape index (κ1) is 24.2. The number of nitrogens with two attached hydrogens (primary N) is 1. The Hall–Kier alpha value is -1.82. The molecule has 0 aliphatic rings. The topological polar surface area (TPSA) is 71.2 Å². The van der Waals surface area contributed by atoms with Crippen molar-refractivity contribution in [2.75, 3.05) is 18.5 Å². The summed E-state index contributed by atoms with van der Waals surface area (Å²) < 4.78 is 0. The van der Waals surface area contributed by atoms with Gasteiger partial charge in [-0.2, -0.15) is 0 Å². The second-order valence-electron chi connectivity index (χ2n) is 5.95. The summed E-state index contributed by atoms with van der Waals surface area (Å²) in [4.78, 5) is 18.9. The summed E-state index contributed by atoms with van der Waals surface area (Å²) in [6, 6.07) is 13.6. The van der Waals surface area contributed by atoms with Crippen molar-refractivity contribution in [1.82, 2.24) is 10.3 Å². The van der Waals surface area contributed by atoms with Crippen LogP contribution in [0.5, 0.6) is 0 Å². The number of hydrogen-bond donors (Lipinski definition) is 2. The largest absolute Gasteiger partial charge is 0.345 e. The van der Waals surface area contributed by atoms with Crippen LogP contribution in [0.15, 0.2) is 48.7 Å². The number of para-hydroxylation sites is 1. The van der Waals surface area contributed by atoms with Gasteiger partial charge in [-0.05, 0) is 37.1 Å². The van der Waals surface area contributed by atoms with E-state index in [0.29, 0.717) is 12.1 Å². The highest BCUT2D eigenvalue weighted by Crippen LogP contribution is 2.21. The van der Waals surface area contributed by atoms with Crippen LogP contribution >= 0.6 is 24.8 Å². The van der Waals surface area contributed by atoms with E-state index in [-0.39, 0.29) is 36.3 Å². The molecule has 1 amide bonds. The highest BCUT2D eigenvalue weighted by molar-refractivity contribution is 5.94. The van der Waals surface area contributed by atoms with Gasteiger partial charge in [0.05, 0.1) is 11.1 Å². The van der Waals surface area contributed by atoms with Crippen molar-refractivity contribution < 1.29 is 4.79 Å². The third-order valence-corrected chi connectivity index (χ3v) is 4.62. The maximum absolute atomic E-state index is 12.5. The molecule has 0 aliphatic heterocycles. The summed E-state index contributed by atoms with van der Waals surface area (Å²) in [5.74, 6) is 0.652. The standard InChI is InChI=1S/C19H26N4O.2ClH/c1-4-19(5-2,14-20)22-18(24)15-11-12-17(21-13-15)23(3)16-9-7-6-8-10-16;;/h6-13H,4-5,14,20H2,1-3H3,(H,22,24);2*1H. The summed E-state index contributed by atoms with van der Waals surface area (Å²) in [5, 5.41) is 3.06. The minimum Gasteiger partial charge on any atom is -0.345 e. The number of nitrogens with zero attached hydrogens (tertiary/aromatic N) is 2. The molecule has 0 atom stereocenters. The Labute approximate surface area is 168 Å². The SMILES string of the molecule is CCC(CC)(CN)NC(=O)c1ccc(N(C)c2ccccc2)nc1.Cl.Cl. The van der Waals surface area contributed by atoms with Crippen LogP contribution in [0.25, 0.3) is 0 Å². The van der Waals surface area contributed by atoms with E-state index in [0.717, 1.165) is 24.3 Å². The normalized spacial score (nSPS) is 10.3. The molecule has 0 aliphatic carbocycles. The number of amides is 1. The van der Waals surface area contributed by atoms with Gasteiger partial charge in [-0.3, -0.25) is 4.79 Å². The van der Waals surface area contributed by atoms with Gasteiger partial charge in [-0.25, -0.2) is 4.98 Å². The Balaban J connectivity index is 0.00000312. The quantitative estimate of drug-likeness (QED) is 0.740. The lowest BCUT2D eigenvalue weighted by Gasteiger charge is -2.31. The molecule has 0 fully saturated rings. The molecule has 0 bridgehead atoms. The Morgan fingerprint density at radius 3 is 2.19 bits per heavy atom. The van der Waals surface area contributed by atoms with Gasteiger partial charge >= 0.3 is 0 Å². The Kier molecular flexibility index (Phi) is 10.2. The van der Waals surface area contributed by atoms with E-state index in [9.17, 15) is 4.79 Å². The average molecular weight is 399 g/mol. The highest BCUT2D eigenvalue weighted by atomic mass is 35.5. The molecule has 2 aromatic rings. The molecule has 7 heteroatoms. The maximum Gasteiger partial charge on any atom is 0.253 e. The van der Waals surface area contributed by atoms with Gasteiger partial charge in [0.15, 0.2) is 0 Å². The van der Waals surface area contributed by atoms with Gasteiger partial charge in [0.1, 0.15) is 5.82 Å². The monoisotopic (exact) mass is 398 g/mol. The Morgan fingerprint density at radius 2 is 1.73 bits per heavy atom. The molecule has 0 saturated heterocycles. The molecule has 26 heavy (non-hydrogen) atoms. The van der Waals surface area contributed by atoms with Crippen molar-refractivity contribution in [2.24, 2.45) is 5.73 Å². The molecular weight excluding hydrogens is 371 g/mol. The summed E-state index contributed by atoms with van der Waals surface area (Å²) >= 11 is 0. The fourth-order valence-corrected chi connectivity index (χ4v) is 2.58. The molecule has 0 unspecified atom stereocenters. The summed E-state index contributed by atoms with van der Waals surface area (Å²) in [7, 11) is 1.95. The van der Waals surface area contributed by atoms with E-state index in [1.54, 1.807) is 12.3 Å². The van der Waals surface area contributed by atoms with Crippen LogP contribution in [0.2, 0.25) is 0 Å². The molecule has 2 rings (SSSR count). The van der Waals surface area contributed by atoms with Gasteiger partial charge in [0, 0.05) is 25.5 Å². The average Bonchev–Trinajstić information content (AvgIpc) is 2.66. The lowest BCUT2D eigenvalue weighted by atomic mass is 9.92. The zero-order valence-electron chi connectivity index (χ0n) is 15.4. The van der Waals surface area contributed by atoms with Crippen LogP contribution in [-0.2, 0) is 0 Å². The second-order valence-corrected chi connectivity index (χ2v) is 5.95. The van der Waals surface area contributed by atoms with Gasteiger partial charge in [-0.15, -0.1) is 24.8 Å². The number of benzene rings is 1. The van der Waals surface area contributed by atoms with Crippen LogP contribution in [0, 0.1) is 0 Å². The number of carbonyl (C=O) groups is 1. The van der Waals surface area contributed by atoms with Crippen LogP contribution < -0.4 is 16.0 Å². The van der Waals surface area contributed by atoms with Crippen molar-refractivity contribution >= 4 is 42.2 Å². The molecule has 144 valence electrons. The van der Waals surface area contributed by atoms with Gasteiger partial charge in [0.2, 0.25) is 0 Å². The summed E-state index contributed by atoms with van der Waals surface area (Å²) in [6.07, 6.45) is 3.21. The summed E-state index contributed by atoms with van der Waals surface area (Å²) in [5.41, 5.74) is 7.08.